The zero-order valence-electron chi connectivity index (χ0n) is 9.45. The largest absolute Gasteiger partial charge is 0.453 e. The molecule has 0 aliphatic carbocycles. The van der Waals surface area contributed by atoms with Crippen LogP contribution in [0.1, 0.15) is 5.56 Å². The molecule has 0 saturated carbocycles. The number of nitrogens with zero attached hydrogens (tertiary/aromatic N) is 2. The lowest BCUT2D eigenvalue weighted by Gasteiger charge is -2.01. The predicted molar refractivity (Wildman–Crippen MR) is 72.0 cm³/mol. The van der Waals surface area contributed by atoms with Gasteiger partial charge >= 0.3 is 0 Å². The first-order valence-electron chi connectivity index (χ1n) is 5.32. The number of para-hydroxylation sites is 1. The molecule has 0 amide bonds. The molecule has 0 aliphatic rings. The standard InChI is InChI=1S/C13H8Cl2N2O/c1-7-11(16-6-17-13(7)15)10-5-8-3-2-4-9(14)12(8)18-10/h2-6H,1H3. The van der Waals surface area contributed by atoms with E-state index in [9.17, 15) is 0 Å². The van der Waals surface area contributed by atoms with Crippen molar-refractivity contribution in [1.29, 1.82) is 0 Å². The molecule has 3 aromatic rings. The van der Waals surface area contributed by atoms with Gasteiger partial charge in [-0.1, -0.05) is 35.3 Å². The molecule has 18 heavy (non-hydrogen) atoms. The lowest BCUT2D eigenvalue weighted by atomic mass is 10.2. The van der Waals surface area contributed by atoms with Crippen LogP contribution in [0.25, 0.3) is 22.4 Å². The van der Waals surface area contributed by atoms with Crippen LogP contribution in [0.3, 0.4) is 0 Å². The summed E-state index contributed by atoms with van der Waals surface area (Å²) in [5.74, 6) is 0.639. The molecule has 0 radical (unpaired) electrons. The van der Waals surface area contributed by atoms with Gasteiger partial charge in [0.2, 0.25) is 0 Å². The number of rotatable bonds is 1. The number of benzene rings is 1. The zero-order valence-corrected chi connectivity index (χ0v) is 11.0. The molecule has 0 saturated heterocycles. The van der Waals surface area contributed by atoms with Gasteiger partial charge in [0.1, 0.15) is 17.2 Å². The normalized spacial score (nSPS) is 11.1. The van der Waals surface area contributed by atoms with Gasteiger partial charge < -0.3 is 4.42 Å². The maximum atomic E-state index is 6.08. The van der Waals surface area contributed by atoms with Crippen molar-refractivity contribution in [2.75, 3.05) is 0 Å². The maximum Gasteiger partial charge on any atom is 0.154 e. The Morgan fingerprint density at radius 3 is 2.78 bits per heavy atom. The first-order valence-corrected chi connectivity index (χ1v) is 6.08. The Kier molecular flexibility index (Phi) is 2.73. The topological polar surface area (TPSA) is 38.9 Å². The number of hydrogen-bond donors (Lipinski definition) is 0. The summed E-state index contributed by atoms with van der Waals surface area (Å²) in [6, 6.07) is 7.50. The average Bonchev–Trinajstić information content (AvgIpc) is 2.78. The molecule has 0 spiro atoms. The molecule has 2 heterocycles. The van der Waals surface area contributed by atoms with E-state index in [4.69, 9.17) is 27.6 Å². The monoisotopic (exact) mass is 278 g/mol. The quantitative estimate of drug-likeness (QED) is 0.615. The van der Waals surface area contributed by atoms with Crippen LogP contribution in [-0.4, -0.2) is 9.97 Å². The van der Waals surface area contributed by atoms with Gasteiger partial charge in [-0.2, -0.15) is 0 Å². The van der Waals surface area contributed by atoms with Crippen LogP contribution in [0.5, 0.6) is 0 Å². The summed E-state index contributed by atoms with van der Waals surface area (Å²) in [5, 5.41) is 1.94. The van der Waals surface area contributed by atoms with Gasteiger partial charge in [-0.25, -0.2) is 9.97 Å². The third-order valence-corrected chi connectivity index (χ3v) is 3.43. The number of aromatic nitrogens is 2. The lowest BCUT2D eigenvalue weighted by molar-refractivity contribution is 0.628. The minimum atomic E-state index is 0.423. The van der Waals surface area contributed by atoms with Crippen LogP contribution >= 0.6 is 23.2 Å². The van der Waals surface area contributed by atoms with Gasteiger partial charge in [0.25, 0.3) is 0 Å². The van der Waals surface area contributed by atoms with Gasteiger partial charge in [0.15, 0.2) is 11.3 Å². The van der Waals surface area contributed by atoms with Crippen molar-refractivity contribution >= 4 is 34.2 Å². The number of fused-ring (bicyclic) bond motifs is 1. The summed E-state index contributed by atoms with van der Waals surface area (Å²) in [6.45, 7) is 1.85. The molecule has 0 fully saturated rings. The lowest BCUT2D eigenvalue weighted by Crippen LogP contribution is -1.90. The van der Waals surface area contributed by atoms with E-state index in [1.54, 1.807) is 6.07 Å². The molecule has 1 aromatic carbocycles. The second kappa shape index (κ2) is 4.26. The average molecular weight is 279 g/mol. The smallest absolute Gasteiger partial charge is 0.154 e. The second-order valence-corrected chi connectivity index (χ2v) is 4.67. The minimum absolute atomic E-state index is 0.423. The van der Waals surface area contributed by atoms with Crippen molar-refractivity contribution in [3.8, 4) is 11.5 Å². The molecular weight excluding hydrogens is 271 g/mol. The first kappa shape index (κ1) is 11.5. The Hall–Kier alpha value is -1.58. The van der Waals surface area contributed by atoms with Gasteiger partial charge in [-0.3, -0.25) is 0 Å². The van der Waals surface area contributed by atoms with Gasteiger partial charge in [-0.15, -0.1) is 0 Å². The molecule has 0 aliphatic heterocycles. The van der Waals surface area contributed by atoms with Crippen molar-refractivity contribution in [2.45, 2.75) is 6.92 Å². The summed E-state index contributed by atoms with van der Waals surface area (Å²) in [4.78, 5) is 8.12. The fraction of sp³-hybridized carbons (Fsp3) is 0.0769. The molecule has 0 bridgehead atoms. The molecule has 0 atom stereocenters. The fourth-order valence-corrected chi connectivity index (χ4v) is 2.17. The van der Waals surface area contributed by atoms with Gasteiger partial charge in [-0.05, 0) is 19.1 Å². The molecule has 0 N–H and O–H groups in total. The highest BCUT2D eigenvalue weighted by Crippen LogP contribution is 2.33. The van der Waals surface area contributed by atoms with Crippen molar-refractivity contribution in [1.82, 2.24) is 9.97 Å². The number of hydrogen-bond acceptors (Lipinski definition) is 3. The second-order valence-electron chi connectivity index (χ2n) is 3.91. The molecular formula is C13H8Cl2N2O. The van der Waals surface area contributed by atoms with Crippen molar-refractivity contribution in [2.24, 2.45) is 0 Å². The van der Waals surface area contributed by atoms with Crippen molar-refractivity contribution in [3.05, 3.63) is 46.3 Å². The van der Waals surface area contributed by atoms with E-state index in [0.717, 1.165) is 10.9 Å². The van der Waals surface area contributed by atoms with E-state index in [2.05, 4.69) is 9.97 Å². The van der Waals surface area contributed by atoms with Crippen LogP contribution in [0.15, 0.2) is 35.0 Å². The predicted octanol–water partition coefficient (Wildman–Crippen LogP) is 4.51. The van der Waals surface area contributed by atoms with Crippen LogP contribution in [0, 0.1) is 6.92 Å². The third-order valence-electron chi connectivity index (χ3n) is 2.75. The van der Waals surface area contributed by atoms with Crippen molar-refractivity contribution in [3.63, 3.8) is 0 Å². The molecule has 0 unspecified atom stereocenters. The van der Waals surface area contributed by atoms with Gasteiger partial charge in [0.05, 0.1) is 5.02 Å². The van der Waals surface area contributed by atoms with Gasteiger partial charge in [0, 0.05) is 10.9 Å². The van der Waals surface area contributed by atoms with Crippen LogP contribution < -0.4 is 0 Å². The molecule has 3 rings (SSSR count). The van der Waals surface area contributed by atoms with Crippen molar-refractivity contribution < 1.29 is 4.42 Å². The van der Waals surface area contributed by atoms with Crippen LogP contribution in [0.2, 0.25) is 10.2 Å². The van der Waals surface area contributed by atoms with E-state index in [0.29, 0.717) is 27.2 Å². The summed E-state index contributed by atoms with van der Waals surface area (Å²) in [6.07, 6.45) is 1.42. The Morgan fingerprint density at radius 1 is 1.17 bits per heavy atom. The SMILES string of the molecule is Cc1c(Cl)ncnc1-c1cc2cccc(Cl)c2o1. The fourth-order valence-electron chi connectivity index (χ4n) is 1.82. The van der Waals surface area contributed by atoms with E-state index in [-0.39, 0.29) is 0 Å². The Balaban J connectivity index is 2.26. The van der Waals surface area contributed by atoms with Crippen LogP contribution in [-0.2, 0) is 0 Å². The minimum Gasteiger partial charge on any atom is -0.453 e. The summed E-state index contributed by atoms with van der Waals surface area (Å²) < 4.78 is 5.74. The van der Waals surface area contributed by atoms with E-state index < -0.39 is 0 Å². The van der Waals surface area contributed by atoms with Crippen LogP contribution in [0.4, 0.5) is 0 Å². The highest BCUT2D eigenvalue weighted by atomic mass is 35.5. The molecule has 3 nitrogen and oxygen atoms in total. The Labute approximate surface area is 113 Å². The Bertz CT molecular complexity index is 737. The Morgan fingerprint density at radius 2 is 2.00 bits per heavy atom. The molecule has 90 valence electrons. The first-order chi connectivity index (χ1) is 8.66. The maximum absolute atomic E-state index is 6.08. The summed E-state index contributed by atoms with van der Waals surface area (Å²) >= 11 is 12.1. The molecule has 5 heteroatoms. The van der Waals surface area contributed by atoms with E-state index in [1.165, 1.54) is 6.33 Å². The third kappa shape index (κ3) is 1.76. The number of furan rings is 1. The highest BCUT2D eigenvalue weighted by Gasteiger charge is 2.13. The zero-order chi connectivity index (χ0) is 12.7. The summed E-state index contributed by atoms with van der Waals surface area (Å²) in [7, 11) is 0. The van der Waals surface area contributed by atoms with E-state index >= 15 is 0 Å². The highest BCUT2D eigenvalue weighted by molar-refractivity contribution is 6.34. The number of halogens is 2. The summed E-state index contributed by atoms with van der Waals surface area (Å²) in [5.41, 5.74) is 2.12. The molecule has 2 aromatic heterocycles. The van der Waals surface area contributed by atoms with E-state index in [1.807, 2.05) is 25.1 Å².